The number of carbonyl (C=O) groups is 1. The molecule has 1 fully saturated rings. The van der Waals surface area contributed by atoms with Gasteiger partial charge in [-0.3, -0.25) is 4.79 Å². The number of likely N-dealkylation sites (N-methyl/N-ethyl adjacent to an activating group) is 1. The monoisotopic (exact) mass is 395 g/mol. The van der Waals surface area contributed by atoms with Gasteiger partial charge in [-0.15, -0.1) is 0 Å². The molecule has 1 aromatic carbocycles. The van der Waals surface area contributed by atoms with Gasteiger partial charge in [0.25, 0.3) is 5.91 Å². The zero-order valence-electron chi connectivity index (χ0n) is 14.6. The lowest BCUT2D eigenvalue weighted by atomic mass is 10.2. The van der Waals surface area contributed by atoms with E-state index in [9.17, 15) is 13.2 Å². The van der Waals surface area contributed by atoms with Crippen molar-refractivity contribution in [3.05, 3.63) is 40.6 Å². The van der Waals surface area contributed by atoms with E-state index < -0.39 is 10.0 Å². The molecule has 140 valence electrons. The summed E-state index contributed by atoms with van der Waals surface area (Å²) in [5.74, 6) is 0.101. The fourth-order valence-electron chi connectivity index (χ4n) is 2.71. The molecule has 2 aromatic rings. The molecule has 7 nitrogen and oxygen atoms in total. The van der Waals surface area contributed by atoms with Crippen molar-refractivity contribution in [1.82, 2.24) is 9.21 Å². The third-order valence-corrected chi connectivity index (χ3v) is 6.88. The van der Waals surface area contributed by atoms with Crippen LogP contribution in [0.5, 0.6) is 5.75 Å². The van der Waals surface area contributed by atoms with E-state index in [2.05, 4.69) is 10.2 Å². The van der Waals surface area contributed by atoms with E-state index in [1.165, 1.54) is 34.9 Å². The van der Waals surface area contributed by atoms with Crippen molar-refractivity contribution in [1.29, 1.82) is 0 Å². The van der Waals surface area contributed by atoms with Gasteiger partial charge < -0.3 is 15.0 Å². The molecule has 0 radical (unpaired) electrons. The molecule has 26 heavy (non-hydrogen) atoms. The Kier molecular flexibility index (Phi) is 5.61. The second-order valence-electron chi connectivity index (χ2n) is 6.04. The number of piperazine rings is 1. The summed E-state index contributed by atoms with van der Waals surface area (Å²) in [5, 5.41) is 6.27. The Hall–Kier alpha value is -1.94. The van der Waals surface area contributed by atoms with Gasteiger partial charge in [-0.1, -0.05) is 0 Å². The molecule has 1 aromatic heterocycles. The molecule has 1 saturated heterocycles. The molecule has 0 atom stereocenters. The number of anilines is 1. The SMILES string of the molecule is COc1ccc(S(=O)(=O)N2CCN(C)CC2)cc1NC(=O)c1ccsc1. The van der Waals surface area contributed by atoms with Gasteiger partial charge in [0.2, 0.25) is 10.0 Å². The summed E-state index contributed by atoms with van der Waals surface area (Å²) in [5.41, 5.74) is 0.850. The van der Waals surface area contributed by atoms with Crippen molar-refractivity contribution >= 4 is 33.0 Å². The Morgan fingerprint density at radius 1 is 1.19 bits per heavy atom. The number of benzene rings is 1. The normalized spacial score (nSPS) is 16.4. The second-order valence-corrected chi connectivity index (χ2v) is 8.75. The van der Waals surface area contributed by atoms with Crippen molar-refractivity contribution in [2.75, 3.05) is 45.7 Å². The lowest BCUT2D eigenvalue weighted by Gasteiger charge is -2.31. The third-order valence-electron chi connectivity index (χ3n) is 4.30. The molecule has 3 rings (SSSR count). The van der Waals surface area contributed by atoms with Crippen LogP contribution >= 0.6 is 11.3 Å². The second kappa shape index (κ2) is 7.75. The van der Waals surface area contributed by atoms with Crippen LogP contribution in [0.3, 0.4) is 0 Å². The van der Waals surface area contributed by atoms with Crippen LogP contribution in [0, 0.1) is 0 Å². The Morgan fingerprint density at radius 3 is 2.54 bits per heavy atom. The highest BCUT2D eigenvalue weighted by molar-refractivity contribution is 7.89. The fraction of sp³-hybridized carbons (Fsp3) is 0.353. The van der Waals surface area contributed by atoms with Gasteiger partial charge in [0.15, 0.2) is 0 Å². The molecule has 1 N–H and O–H groups in total. The predicted molar refractivity (Wildman–Crippen MR) is 102 cm³/mol. The van der Waals surface area contributed by atoms with E-state index in [-0.39, 0.29) is 10.8 Å². The van der Waals surface area contributed by atoms with Crippen LogP contribution in [-0.2, 0) is 10.0 Å². The lowest BCUT2D eigenvalue weighted by Crippen LogP contribution is -2.47. The molecule has 2 heterocycles. The quantitative estimate of drug-likeness (QED) is 0.837. The number of hydrogen-bond acceptors (Lipinski definition) is 6. The number of hydrogen-bond donors (Lipinski definition) is 1. The molecule has 0 spiro atoms. The van der Waals surface area contributed by atoms with Gasteiger partial charge in [0, 0.05) is 31.6 Å². The molecule has 1 aliphatic heterocycles. The number of carbonyl (C=O) groups excluding carboxylic acids is 1. The van der Waals surface area contributed by atoms with Gasteiger partial charge in [-0.05, 0) is 36.7 Å². The average molecular weight is 396 g/mol. The van der Waals surface area contributed by atoms with E-state index in [0.29, 0.717) is 43.2 Å². The summed E-state index contributed by atoms with van der Waals surface area (Å²) in [6, 6.07) is 6.23. The molecule has 0 unspecified atom stereocenters. The first-order chi connectivity index (χ1) is 12.4. The Balaban J connectivity index is 1.88. The summed E-state index contributed by atoms with van der Waals surface area (Å²) >= 11 is 1.42. The Labute approximate surface area is 157 Å². The number of sulfonamides is 1. The van der Waals surface area contributed by atoms with Crippen LogP contribution < -0.4 is 10.1 Å². The first-order valence-electron chi connectivity index (χ1n) is 8.12. The largest absolute Gasteiger partial charge is 0.495 e. The van der Waals surface area contributed by atoms with E-state index in [1.807, 2.05) is 7.05 Å². The third kappa shape index (κ3) is 3.90. The zero-order valence-corrected chi connectivity index (χ0v) is 16.3. The molecule has 0 bridgehead atoms. The Morgan fingerprint density at radius 2 is 1.92 bits per heavy atom. The van der Waals surface area contributed by atoms with Crippen LogP contribution in [-0.4, -0.2) is 63.9 Å². The molecule has 9 heteroatoms. The summed E-state index contributed by atoms with van der Waals surface area (Å²) < 4.78 is 32.6. The molecular formula is C17H21N3O4S2. The summed E-state index contributed by atoms with van der Waals surface area (Å²) in [7, 11) is -0.177. The average Bonchev–Trinajstić information content (AvgIpc) is 3.17. The van der Waals surface area contributed by atoms with Gasteiger partial charge in [0.05, 0.1) is 23.3 Å². The van der Waals surface area contributed by atoms with E-state index >= 15 is 0 Å². The molecular weight excluding hydrogens is 374 g/mol. The van der Waals surface area contributed by atoms with Crippen molar-refractivity contribution in [3.63, 3.8) is 0 Å². The lowest BCUT2D eigenvalue weighted by molar-refractivity contribution is 0.102. The van der Waals surface area contributed by atoms with E-state index in [1.54, 1.807) is 22.9 Å². The molecule has 1 amide bonds. The number of ether oxygens (including phenoxy) is 1. The highest BCUT2D eigenvalue weighted by atomic mass is 32.2. The van der Waals surface area contributed by atoms with Crippen LogP contribution in [0.15, 0.2) is 39.9 Å². The first-order valence-corrected chi connectivity index (χ1v) is 10.5. The predicted octanol–water partition coefficient (Wildman–Crippen LogP) is 1.95. The zero-order chi connectivity index (χ0) is 18.7. The first kappa shape index (κ1) is 18.8. The van der Waals surface area contributed by atoms with Crippen LogP contribution in [0.2, 0.25) is 0 Å². The van der Waals surface area contributed by atoms with Gasteiger partial charge in [0.1, 0.15) is 5.75 Å². The van der Waals surface area contributed by atoms with Gasteiger partial charge in [-0.2, -0.15) is 15.6 Å². The maximum absolute atomic E-state index is 12.9. The van der Waals surface area contributed by atoms with E-state index in [4.69, 9.17) is 4.74 Å². The number of nitrogens with zero attached hydrogens (tertiary/aromatic N) is 2. The van der Waals surface area contributed by atoms with E-state index in [0.717, 1.165) is 0 Å². The van der Waals surface area contributed by atoms with Crippen molar-refractivity contribution in [3.8, 4) is 5.75 Å². The van der Waals surface area contributed by atoms with Gasteiger partial charge >= 0.3 is 0 Å². The number of nitrogens with one attached hydrogen (secondary N) is 1. The summed E-state index contributed by atoms with van der Waals surface area (Å²) in [4.78, 5) is 14.5. The highest BCUT2D eigenvalue weighted by Crippen LogP contribution is 2.29. The summed E-state index contributed by atoms with van der Waals surface area (Å²) in [6.45, 7) is 2.27. The smallest absolute Gasteiger partial charge is 0.256 e. The van der Waals surface area contributed by atoms with Crippen molar-refractivity contribution in [2.45, 2.75) is 4.90 Å². The minimum Gasteiger partial charge on any atom is -0.495 e. The molecule has 0 saturated carbocycles. The van der Waals surface area contributed by atoms with Crippen LogP contribution in [0.25, 0.3) is 0 Å². The minimum atomic E-state index is -3.62. The number of rotatable bonds is 5. The summed E-state index contributed by atoms with van der Waals surface area (Å²) in [6.07, 6.45) is 0. The number of amides is 1. The minimum absolute atomic E-state index is 0.142. The topological polar surface area (TPSA) is 79.0 Å². The van der Waals surface area contributed by atoms with Crippen molar-refractivity contribution in [2.24, 2.45) is 0 Å². The standard InChI is InChI=1S/C17H21N3O4S2/c1-19-6-8-20(9-7-19)26(22,23)14-3-4-16(24-2)15(11-14)18-17(21)13-5-10-25-12-13/h3-5,10-12H,6-9H2,1-2H3,(H,18,21). The fourth-order valence-corrected chi connectivity index (χ4v) is 4.80. The van der Waals surface area contributed by atoms with Crippen molar-refractivity contribution < 1.29 is 17.9 Å². The van der Waals surface area contributed by atoms with Crippen LogP contribution in [0.1, 0.15) is 10.4 Å². The highest BCUT2D eigenvalue weighted by Gasteiger charge is 2.28. The maximum Gasteiger partial charge on any atom is 0.256 e. The van der Waals surface area contributed by atoms with Gasteiger partial charge in [-0.25, -0.2) is 8.42 Å². The Bertz CT molecular complexity index is 873. The number of thiophene rings is 1. The molecule has 0 aliphatic carbocycles. The maximum atomic E-state index is 12.9. The number of methoxy groups -OCH3 is 1. The molecule has 1 aliphatic rings. The van der Waals surface area contributed by atoms with Crippen LogP contribution in [0.4, 0.5) is 5.69 Å².